The molecule has 0 rings (SSSR count). The first-order valence-electron chi connectivity index (χ1n) is 7.10. The molecule has 102 valence electrons. The molecule has 0 spiro atoms. The SMILES string of the molecule is CCCCCCCCCCC(=O)COCCN. The smallest absolute Gasteiger partial charge is 0.158 e. The van der Waals surface area contributed by atoms with E-state index in [-0.39, 0.29) is 12.4 Å². The number of hydrogen-bond acceptors (Lipinski definition) is 3. The molecule has 0 heterocycles. The van der Waals surface area contributed by atoms with Crippen LogP contribution in [0.2, 0.25) is 0 Å². The highest BCUT2D eigenvalue weighted by molar-refractivity contribution is 5.79. The molecule has 0 saturated carbocycles. The normalized spacial score (nSPS) is 10.7. The Morgan fingerprint density at radius 3 is 2.18 bits per heavy atom. The maximum absolute atomic E-state index is 11.3. The standard InChI is InChI=1S/C14H29NO2/c1-2-3-4-5-6-7-8-9-10-14(16)13-17-12-11-15/h2-13,15H2,1H3. The van der Waals surface area contributed by atoms with E-state index in [1.807, 2.05) is 0 Å². The van der Waals surface area contributed by atoms with Crippen LogP contribution in [0.3, 0.4) is 0 Å². The van der Waals surface area contributed by atoms with Crippen molar-refractivity contribution in [2.75, 3.05) is 19.8 Å². The molecule has 0 aromatic heterocycles. The first-order chi connectivity index (χ1) is 8.31. The zero-order valence-electron chi connectivity index (χ0n) is 11.4. The average molecular weight is 243 g/mol. The van der Waals surface area contributed by atoms with E-state index in [9.17, 15) is 4.79 Å². The number of ketones is 1. The fourth-order valence-corrected chi connectivity index (χ4v) is 1.80. The average Bonchev–Trinajstić information content (AvgIpc) is 2.33. The van der Waals surface area contributed by atoms with Crippen molar-refractivity contribution in [1.29, 1.82) is 0 Å². The van der Waals surface area contributed by atoms with E-state index < -0.39 is 0 Å². The number of carbonyl (C=O) groups excluding carboxylic acids is 1. The molecule has 0 unspecified atom stereocenters. The second-order valence-electron chi connectivity index (χ2n) is 4.60. The van der Waals surface area contributed by atoms with E-state index in [0.717, 1.165) is 6.42 Å². The van der Waals surface area contributed by atoms with Crippen LogP contribution in [0.25, 0.3) is 0 Å². The third-order valence-electron chi connectivity index (χ3n) is 2.83. The Bertz CT molecular complexity index is 172. The van der Waals surface area contributed by atoms with Gasteiger partial charge in [-0.2, -0.15) is 0 Å². The van der Waals surface area contributed by atoms with E-state index in [4.69, 9.17) is 10.5 Å². The maximum Gasteiger partial charge on any atom is 0.158 e. The summed E-state index contributed by atoms with van der Waals surface area (Å²) in [5.41, 5.74) is 5.27. The van der Waals surface area contributed by atoms with E-state index in [1.165, 1.54) is 44.9 Å². The lowest BCUT2D eigenvalue weighted by Gasteiger charge is -2.03. The predicted molar refractivity (Wildman–Crippen MR) is 72.1 cm³/mol. The summed E-state index contributed by atoms with van der Waals surface area (Å²) in [5, 5.41) is 0. The summed E-state index contributed by atoms with van der Waals surface area (Å²) in [6.07, 6.45) is 10.8. The second-order valence-corrected chi connectivity index (χ2v) is 4.60. The first kappa shape index (κ1) is 16.6. The summed E-state index contributed by atoms with van der Waals surface area (Å²) in [6, 6.07) is 0. The van der Waals surface area contributed by atoms with Gasteiger partial charge in [-0.25, -0.2) is 0 Å². The Labute approximate surface area is 106 Å². The number of carbonyl (C=O) groups is 1. The molecule has 0 fully saturated rings. The van der Waals surface area contributed by atoms with Gasteiger partial charge in [-0.05, 0) is 6.42 Å². The van der Waals surface area contributed by atoms with Gasteiger partial charge in [0.1, 0.15) is 6.61 Å². The number of rotatable bonds is 13. The van der Waals surface area contributed by atoms with Crippen molar-refractivity contribution in [3.63, 3.8) is 0 Å². The van der Waals surface area contributed by atoms with Gasteiger partial charge >= 0.3 is 0 Å². The van der Waals surface area contributed by atoms with Gasteiger partial charge in [-0.3, -0.25) is 4.79 Å². The third kappa shape index (κ3) is 13.5. The Kier molecular flexibility index (Phi) is 13.3. The van der Waals surface area contributed by atoms with Crippen LogP contribution in [0.5, 0.6) is 0 Å². The van der Waals surface area contributed by atoms with Crippen LogP contribution in [0, 0.1) is 0 Å². The lowest BCUT2D eigenvalue weighted by molar-refractivity contribution is -0.123. The fourth-order valence-electron chi connectivity index (χ4n) is 1.80. The molecule has 2 N–H and O–H groups in total. The molecule has 3 nitrogen and oxygen atoms in total. The molecule has 3 heteroatoms. The Hall–Kier alpha value is -0.410. The van der Waals surface area contributed by atoms with Gasteiger partial charge < -0.3 is 10.5 Å². The van der Waals surface area contributed by atoms with E-state index >= 15 is 0 Å². The molecule has 0 amide bonds. The highest BCUT2D eigenvalue weighted by Gasteiger charge is 2.01. The van der Waals surface area contributed by atoms with Gasteiger partial charge in [0.15, 0.2) is 5.78 Å². The van der Waals surface area contributed by atoms with Crippen molar-refractivity contribution in [3.05, 3.63) is 0 Å². The quantitative estimate of drug-likeness (QED) is 0.506. The number of ether oxygens (including phenoxy) is 1. The van der Waals surface area contributed by atoms with Crippen LogP contribution < -0.4 is 5.73 Å². The van der Waals surface area contributed by atoms with Crippen molar-refractivity contribution in [2.45, 2.75) is 64.7 Å². The molecule has 0 aliphatic heterocycles. The highest BCUT2D eigenvalue weighted by atomic mass is 16.5. The predicted octanol–water partition coefficient (Wildman–Crippen LogP) is 3.06. The van der Waals surface area contributed by atoms with Gasteiger partial charge in [0.2, 0.25) is 0 Å². The molecule has 0 aromatic rings. The van der Waals surface area contributed by atoms with E-state index in [0.29, 0.717) is 19.6 Å². The van der Waals surface area contributed by atoms with Gasteiger partial charge in [0.25, 0.3) is 0 Å². The molecule has 0 atom stereocenters. The van der Waals surface area contributed by atoms with Crippen molar-refractivity contribution in [1.82, 2.24) is 0 Å². The fraction of sp³-hybridized carbons (Fsp3) is 0.929. The van der Waals surface area contributed by atoms with E-state index in [2.05, 4.69) is 6.92 Å². The molecule has 17 heavy (non-hydrogen) atoms. The first-order valence-corrected chi connectivity index (χ1v) is 7.10. The molecule has 0 aliphatic carbocycles. The zero-order chi connectivity index (χ0) is 12.8. The number of hydrogen-bond donors (Lipinski definition) is 1. The number of nitrogens with two attached hydrogens (primary N) is 1. The monoisotopic (exact) mass is 243 g/mol. The van der Waals surface area contributed by atoms with Crippen molar-refractivity contribution in [3.8, 4) is 0 Å². The van der Waals surface area contributed by atoms with E-state index in [1.54, 1.807) is 0 Å². The zero-order valence-corrected chi connectivity index (χ0v) is 11.4. The molecule has 0 aromatic carbocycles. The van der Waals surface area contributed by atoms with Crippen molar-refractivity contribution >= 4 is 5.78 Å². The minimum Gasteiger partial charge on any atom is -0.372 e. The summed E-state index contributed by atoms with van der Waals surface area (Å²) >= 11 is 0. The third-order valence-corrected chi connectivity index (χ3v) is 2.83. The second kappa shape index (κ2) is 13.7. The minimum atomic E-state index is 0.212. The summed E-state index contributed by atoms with van der Waals surface area (Å²) in [5.74, 6) is 0.212. The Morgan fingerprint density at radius 1 is 1.00 bits per heavy atom. The van der Waals surface area contributed by atoms with Crippen LogP contribution in [-0.2, 0) is 9.53 Å². The highest BCUT2D eigenvalue weighted by Crippen LogP contribution is 2.09. The molecule has 0 radical (unpaired) electrons. The van der Waals surface area contributed by atoms with Crippen molar-refractivity contribution in [2.24, 2.45) is 5.73 Å². The summed E-state index contributed by atoms with van der Waals surface area (Å²) < 4.78 is 5.09. The Morgan fingerprint density at radius 2 is 1.59 bits per heavy atom. The van der Waals surface area contributed by atoms with Gasteiger partial charge in [-0.15, -0.1) is 0 Å². The largest absolute Gasteiger partial charge is 0.372 e. The summed E-state index contributed by atoms with van der Waals surface area (Å²) in [6.45, 7) is 3.46. The topological polar surface area (TPSA) is 52.3 Å². The lowest BCUT2D eigenvalue weighted by atomic mass is 10.1. The van der Waals surface area contributed by atoms with Crippen LogP contribution in [0.4, 0.5) is 0 Å². The number of Topliss-reactive ketones (excluding diaryl/α,β-unsaturated/α-hetero) is 1. The van der Waals surface area contributed by atoms with Gasteiger partial charge in [0.05, 0.1) is 6.61 Å². The van der Waals surface area contributed by atoms with Crippen LogP contribution >= 0.6 is 0 Å². The van der Waals surface area contributed by atoms with Crippen LogP contribution in [-0.4, -0.2) is 25.5 Å². The van der Waals surface area contributed by atoms with Crippen LogP contribution in [0.1, 0.15) is 64.7 Å². The number of unbranched alkanes of at least 4 members (excludes halogenated alkanes) is 7. The van der Waals surface area contributed by atoms with Crippen LogP contribution in [0.15, 0.2) is 0 Å². The lowest BCUT2D eigenvalue weighted by Crippen LogP contribution is -2.14. The van der Waals surface area contributed by atoms with Crippen molar-refractivity contribution < 1.29 is 9.53 Å². The van der Waals surface area contributed by atoms with Gasteiger partial charge in [0, 0.05) is 13.0 Å². The molecular weight excluding hydrogens is 214 g/mol. The summed E-state index contributed by atoms with van der Waals surface area (Å²) in [7, 11) is 0. The molecule has 0 aliphatic rings. The molecule has 0 bridgehead atoms. The molecule has 0 saturated heterocycles. The van der Waals surface area contributed by atoms with Gasteiger partial charge in [-0.1, -0.05) is 51.9 Å². The maximum atomic E-state index is 11.3. The molecular formula is C14H29NO2. The Balaban J connectivity index is 3.08. The minimum absolute atomic E-state index is 0.212. The summed E-state index contributed by atoms with van der Waals surface area (Å²) in [4.78, 5) is 11.3.